The summed E-state index contributed by atoms with van der Waals surface area (Å²) in [7, 11) is 0. The van der Waals surface area contributed by atoms with Gasteiger partial charge in [0.2, 0.25) is 5.13 Å². The minimum absolute atomic E-state index is 0.106. The van der Waals surface area contributed by atoms with E-state index in [0.29, 0.717) is 33.6 Å². The summed E-state index contributed by atoms with van der Waals surface area (Å²) in [6.45, 7) is 4.67. The zero-order valence-corrected chi connectivity index (χ0v) is 24.2. The highest BCUT2D eigenvalue weighted by Gasteiger charge is 2.48. The fourth-order valence-electron chi connectivity index (χ4n) is 4.38. The molecule has 1 aliphatic heterocycles. The standard InChI is InChI=1S/C31H28FN3O4S2/c1-3-4-17-39-24-15-11-22(12-16-24)27(36)25-26(21-9-13-23(32)14-10-21)35(29(38)28(25)37)30-33-34-31(41-30)40-18-20-7-5-19(2)6-8-20/h5-16,26,36H,3-4,17-18H2,1-2H3/b27-25-. The summed E-state index contributed by atoms with van der Waals surface area (Å²) < 4.78 is 20.1. The Morgan fingerprint density at radius 1 is 1.02 bits per heavy atom. The van der Waals surface area contributed by atoms with Gasteiger partial charge >= 0.3 is 5.91 Å². The molecule has 2 heterocycles. The molecule has 10 heteroatoms. The van der Waals surface area contributed by atoms with E-state index in [1.165, 1.54) is 57.8 Å². The minimum atomic E-state index is -1.01. The first-order valence-corrected chi connectivity index (χ1v) is 15.0. The maximum atomic E-state index is 13.8. The van der Waals surface area contributed by atoms with Gasteiger partial charge in [0, 0.05) is 11.3 Å². The number of thioether (sulfide) groups is 1. The molecule has 210 valence electrons. The van der Waals surface area contributed by atoms with Crippen LogP contribution < -0.4 is 9.64 Å². The van der Waals surface area contributed by atoms with Gasteiger partial charge in [-0.1, -0.05) is 78.4 Å². The van der Waals surface area contributed by atoms with E-state index in [1.54, 1.807) is 24.3 Å². The quantitative estimate of drug-likeness (QED) is 0.0528. The number of benzene rings is 3. The molecule has 1 amide bonds. The van der Waals surface area contributed by atoms with E-state index in [4.69, 9.17) is 4.74 Å². The number of carbonyl (C=O) groups is 2. The van der Waals surface area contributed by atoms with Gasteiger partial charge in [0.25, 0.3) is 5.78 Å². The Morgan fingerprint density at radius 2 is 1.73 bits per heavy atom. The van der Waals surface area contributed by atoms with E-state index in [-0.39, 0.29) is 16.5 Å². The van der Waals surface area contributed by atoms with Crippen LogP contribution in [0.2, 0.25) is 0 Å². The number of nitrogens with zero attached hydrogens (tertiary/aromatic N) is 3. The number of aryl methyl sites for hydroxylation is 1. The van der Waals surface area contributed by atoms with Crippen molar-refractivity contribution in [2.75, 3.05) is 11.5 Å². The number of Topliss-reactive ketones (excluding diaryl/α,β-unsaturated/α-hetero) is 1. The molecule has 1 unspecified atom stereocenters. The molecule has 1 atom stereocenters. The lowest BCUT2D eigenvalue weighted by atomic mass is 9.95. The Morgan fingerprint density at radius 3 is 2.41 bits per heavy atom. The highest BCUT2D eigenvalue weighted by molar-refractivity contribution is 8.00. The molecule has 1 aromatic heterocycles. The Bertz CT molecular complexity index is 1570. The van der Waals surface area contributed by atoms with Gasteiger partial charge < -0.3 is 9.84 Å². The topological polar surface area (TPSA) is 92.6 Å². The Hall–Kier alpha value is -4.02. The van der Waals surface area contributed by atoms with E-state index in [1.807, 2.05) is 31.2 Å². The first kappa shape index (κ1) is 28.5. The van der Waals surface area contributed by atoms with Crippen molar-refractivity contribution in [3.8, 4) is 5.75 Å². The fourth-order valence-corrected chi connectivity index (χ4v) is 6.20. The second-order valence-electron chi connectivity index (χ2n) is 9.57. The van der Waals surface area contributed by atoms with Crippen molar-refractivity contribution in [1.29, 1.82) is 0 Å². The molecule has 0 bridgehead atoms. The van der Waals surface area contributed by atoms with Crippen LogP contribution >= 0.6 is 23.1 Å². The number of aliphatic hydroxyl groups is 1. The van der Waals surface area contributed by atoms with Crippen molar-refractivity contribution >= 4 is 45.7 Å². The van der Waals surface area contributed by atoms with Crippen LogP contribution in [0.15, 0.2) is 82.7 Å². The number of halogens is 1. The predicted octanol–water partition coefficient (Wildman–Crippen LogP) is 7.08. The average Bonchev–Trinajstić information content (AvgIpc) is 3.55. The fraction of sp³-hybridized carbons (Fsp3) is 0.226. The largest absolute Gasteiger partial charge is 0.507 e. The third-order valence-corrected chi connectivity index (χ3v) is 8.74. The summed E-state index contributed by atoms with van der Waals surface area (Å²) >= 11 is 2.65. The molecule has 1 saturated heterocycles. The van der Waals surface area contributed by atoms with Crippen LogP contribution in [0.1, 0.15) is 48.1 Å². The molecule has 4 aromatic rings. The predicted molar refractivity (Wildman–Crippen MR) is 159 cm³/mol. The van der Waals surface area contributed by atoms with Crippen LogP contribution in [-0.4, -0.2) is 33.6 Å². The molecule has 0 radical (unpaired) electrons. The number of rotatable bonds is 10. The Kier molecular flexibility index (Phi) is 8.80. The number of hydrogen-bond donors (Lipinski definition) is 1. The van der Waals surface area contributed by atoms with E-state index in [9.17, 15) is 19.1 Å². The molecule has 0 aliphatic carbocycles. The van der Waals surface area contributed by atoms with E-state index < -0.39 is 23.5 Å². The van der Waals surface area contributed by atoms with E-state index in [0.717, 1.165) is 18.4 Å². The molecule has 7 nitrogen and oxygen atoms in total. The second-order valence-corrected chi connectivity index (χ2v) is 11.8. The van der Waals surface area contributed by atoms with E-state index >= 15 is 0 Å². The van der Waals surface area contributed by atoms with E-state index in [2.05, 4.69) is 17.1 Å². The summed E-state index contributed by atoms with van der Waals surface area (Å²) in [6.07, 6.45) is 1.92. The highest BCUT2D eigenvalue weighted by Crippen LogP contribution is 2.44. The average molecular weight is 590 g/mol. The lowest BCUT2D eigenvalue weighted by molar-refractivity contribution is -0.132. The lowest BCUT2D eigenvalue weighted by Crippen LogP contribution is -2.29. The second kappa shape index (κ2) is 12.7. The number of hydrogen-bond acceptors (Lipinski definition) is 8. The van der Waals surface area contributed by atoms with Crippen molar-refractivity contribution in [3.63, 3.8) is 0 Å². The Balaban J connectivity index is 1.47. The smallest absolute Gasteiger partial charge is 0.301 e. The van der Waals surface area contributed by atoms with Gasteiger partial charge in [-0.3, -0.25) is 14.5 Å². The summed E-state index contributed by atoms with van der Waals surface area (Å²) in [5, 5.41) is 20.0. The van der Waals surface area contributed by atoms with Gasteiger partial charge in [0.05, 0.1) is 18.2 Å². The molecule has 5 rings (SSSR count). The zero-order valence-electron chi connectivity index (χ0n) is 22.5. The molecule has 1 aliphatic rings. The van der Waals surface area contributed by atoms with Crippen molar-refractivity contribution in [1.82, 2.24) is 10.2 Å². The van der Waals surface area contributed by atoms with Crippen LogP contribution in [0.3, 0.4) is 0 Å². The van der Waals surface area contributed by atoms with Crippen LogP contribution in [0.25, 0.3) is 5.76 Å². The number of carbonyl (C=O) groups excluding carboxylic acids is 2. The minimum Gasteiger partial charge on any atom is -0.507 e. The molecule has 1 fully saturated rings. The van der Waals surface area contributed by atoms with Gasteiger partial charge in [-0.05, 0) is 60.9 Å². The molecule has 41 heavy (non-hydrogen) atoms. The maximum absolute atomic E-state index is 13.8. The van der Waals surface area contributed by atoms with Gasteiger partial charge in [-0.2, -0.15) is 0 Å². The van der Waals surface area contributed by atoms with Crippen LogP contribution in [-0.2, 0) is 15.3 Å². The first-order chi connectivity index (χ1) is 19.9. The van der Waals surface area contributed by atoms with Gasteiger partial charge in [-0.15, -0.1) is 10.2 Å². The number of aliphatic hydroxyl groups excluding tert-OH is 1. The molecule has 1 N–H and O–H groups in total. The SMILES string of the molecule is CCCCOc1ccc(/C(O)=C2/C(=O)C(=O)N(c3nnc(SCc4ccc(C)cc4)s3)C2c2ccc(F)cc2)cc1. The summed E-state index contributed by atoms with van der Waals surface area (Å²) in [4.78, 5) is 28.0. The van der Waals surface area contributed by atoms with Gasteiger partial charge in [-0.25, -0.2) is 4.39 Å². The Labute approximate surface area is 245 Å². The van der Waals surface area contributed by atoms with Crippen molar-refractivity contribution < 1.29 is 23.8 Å². The lowest BCUT2D eigenvalue weighted by Gasteiger charge is -2.22. The number of anilines is 1. The summed E-state index contributed by atoms with van der Waals surface area (Å²) in [6, 6.07) is 19.3. The number of unbranched alkanes of at least 4 members (excludes halogenated alkanes) is 1. The summed E-state index contributed by atoms with van der Waals surface area (Å²) in [5.74, 6) is -1.20. The number of ether oxygens (including phenoxy) is 1. The van der Waals surface area contributed by atoms with Gasteiger partial charge in [0.15, 0.2) is 4.34 Å². The number of aromatic nitrogens is 2. The zero-order chi connectivity index (χ0) is 28.9. The summed E-state index contributed by atoms with van der Waals surface area (Å²) in [5.41, 5.74) is 2.99. The molecule has 0 saturated carbocycles. The highest BCUT2D eigenvalue weighted by atomic mass is 32.2. The van der Waals surface area contributed by atoms with Gasteiger partial charge in [0.1, 0.15) is 17.3 Å². The molecule has 3 aromatic carbocycles. The maximum Gasteiger partial charge on any atom is 0.301 e. The molecule has 0 spiro atoms. The van der Waals surface area contributed by atoms with Crippen molar-refractivity contribution in [3.05, 3.63) is 106 Å². The normalized spacial score (nSPS) is 16.4. The third-order valence-electron chi connectivity index (χ3n) is 6.61. The number of amides is 1. The van der Waals surface area contributed by atoms with Crippen LogP contribution in [0.5, 0.6) is 5.75 Å². The monoisotopic (exact) mass is 589 g/mol. The number of ketones is 1. The van der Waals surface area contributed by atoms with Crippen LogP contribution in [0.4, 0.5) is 9.52 Å². The van der Waals surface area contributed by atoms with Crippen LogP contribution in [0, 0.1) is 12.7 Å². The molecular weight excluding hydrogens is 561 g/mol. The van der Waals surface area contributed by atoms with Crippen molar-refractivity contribution in [2.45, 2.75) is 42.8 Å². The molecular formula is C31H28FN3O4S2. The third kappa shape index (κ3) is 6.34. The first-order valence-electron chi connectivity index (χ1n) is 13.2. The van der Waals surface area contributed by atoms with Crippen molar-refractivity contribution in [2.24, 2.45) is 0 Å².